The van der Waals surface area contributed by atoms with Crippen molar-refractivity contribution in [2.75, 3.05) is 13.2 Å². The van der Waals surface area contributed by atoms with E-state index in [0.29, 0.717) is 19.0 Å². The molecule has 1 saturated heterocycles. The molecule has 1 aliphatic heterocycles. The molecule has 0 bridgehead atoms. The summed E-state index contributed by atoms with van der Waals surface area (Å²) in [6.45, 7) is 1.30. The van der Waals surface area contributed by atoms with Crippen molar-refractivity contribution in [2.24, 2.45) is 0 Å². The molecule has 1 aromatic rings. The second kappa shape index (κ2) is 5.85. The van der Waals surface area contributed by atoms with Gasteiger partial charge >= 0.3 is 0 Å². The summed E-state index contributed by atoms with van der Waals surface area (Å²) in [6, 6.07) is 8.17. The number of carbonyl (C=O) groups excluding carboxylic acids is 1. The Balaban J connectivity index is 1.83. The summed E-state index contributed by atoms with van der Waals surface area (Å²) in [7, 11) is 0. The number of carbonyl (C=O) groups is 1. The molecule has 2 aliphatic rings. The first-order valence-corrected chi connectivity index (χ1v) is 7.20. The standard InChI is InChI=1S/C16H20O3/c17-15-8-3-1-2-7-14(15)12-5-4-6-13(11-12)16-18-9-10-19-16/h4-6,11,14,16H,1-3,7-10H2. The highest BCUT2D eigenvalue weighted by Crippen LogP contribution is 2.31. The monoisotopic (exact) mass is 260 g/mol. The second-order valence-corrected chi connectivity index (χ2v) is 5.36. The average molecular weight is 260 g/mol. The highest BCUT2D eigenvalue weighted by molar-refractivity contribution is 5.85. The summed E-state index contributed by atoms with van der Waals surface area (Å²) < 4.78 is 11.1. The largest absolute Gasteiger partial charge is 0.346 e. The molecule has 0 radical (unpaired) electrons. The van der Waals surface area contributed by atoms with Crippen molar-refractivity contribution in [2.45, 2.75) is 44.3 Å². The van der Waals surface area contributed by atoms with Gasteiger partial charge in [0.05, 0.1) is 13.2 Å². The normalized spacial score (nSPS) is 25.5. The van der Waals surface area contributed by atoms with E-state index in [-0.39, 0.29) is 12.2 Å². The summed E-state index contributed by atoms with van der Waals surface area (Å²) in [5.41, 5.74) is 2.16. The van der Waals surface area contributed by atoms with Gasteiger partial charge in [-0.1, -0.05) is 37.1 Å². The van der Waals surface area contributed by atoms with E-state index in [9.17, 15) is 4.79 Å². The van der Waals surface area contributed by atoms with Crippen molar-refractivity contribution in [1.82, 2.24) is 0 Å². The van der Waals surface area contributed by atoms with Gasteiger partial charge in [-0.25, -0.2) is 0 Å². The maximum atomic E-state index is 12.2. The Morgan fingerprint density at radius 3 is 2.63 bits per heavy atom. The molecule has 1 atom stereocenters. The Morgan fingerprint density at radius 2 is 1.79 bits per heavy atom. The van der Waals surface area contributed by atoms with Gasteiger partial charge in [0.25, 0.3) is 0 Å². The Labute approximate surface area is 113 Å². The molecule has 3 nitrogen and oxygen atoms in total. The number of ketones is 1. The van der Waals surface area contributed by atoms with Crippen LogP contribution in [-0.4, -0.2) is 19.0 Å². The molecule has 0 aromatic heterocycles. The maximum Gasteiger partial charge on any atom is 0.184 e. The number of ether oxygens (including phenoxy) is 2. The van der Waals surface area contributed by atoms with E-state index in [4.69, 9.17) is 9.47 Å². The van der Waals surface area contributed by atoms with Crippen LogP contribution in [0.25, 0.3) is 0 Å². The fourth-order valence-electron chi connectivity index (χ4n) is 2.99. The van der Waals surface area contributed by atoms with E-state index in [2.05, 4.69) is 12.1 Å². The highest BCUT2D eigenvalue weighted by Gasteiger charge is 2.24. The van der Waals surface area contributed by atoms with E-state index in [1.54, 1.807) is 0 Å². The molecule has 0 amide bonds. The molecule has 1 unspecified atom stereocenters. The number of hydrogen-bond acceptors (Lipinski definition) is 3. The molecule has 3 heteroatoms. The lowest BCUT2D eigenvalue weighted by Crippen LogP contribution is -2.11. The first-order valence-electron chi connectivity index (χ1n) is 7.20. The van der Waals surface area contributed by atoms with Crippen LogP contribution < -0.4 is 0 Å². The van der Waals surface area contributed by atoms with E-state index >= 15 is 0 Å². The third kappa shape index (κ3) is 2.88. The quantitative estimate of drug-likeness (QED) is 0.765. The summed E-state index contributed by atoms with van der Waals surface area (Å²) >= 11 is 0. The van der Waals surface area contributed by atoms with Gasteiger partial charge in [0, 0.05) is 17.9 Å². The summed E-state index contributed by atoms with van der Waals surface area (Å²) in [5, 5.41) is 0. The lowest BCUT2D eigenvalue weighted by Gasteiger charge is -2.16. The van der Waals surface area contributed by atoms with E-state index in [0.717, 1.165) is 36.8 Å². The fourth-order valence-corrected chi connectivity index (χ4v) is 2.99. The lowest BCUT2D eigenvalue weighted by molar-refractivity contribution is -0.120. The van der Waals surface area contributed by atoms with Crippen LogP contribution in [0, 0.1) is 0 Å². The first-order chi connectivity index (χ1) is 9.34. The van der Waals surface area contributed by atoms with Crippen molar-refractivity contribution >= 4 is 5.78 Å². The molecule has 0 spiro atoms. The number of hydrogen-bond donors (Lipinski definition) is 0. The van der Waals surface area contributed by atoms with Crippen LogP contribution >= 0.6 is 0 Å². The van der Waals surface area contributed by atoms with Crippen LogP contribution in [-0.2, 0) is 14.3 Å². The lowest BCUT2D eigenvalue weighted by atomic mass is 9.90. The van der Waals surface area contributed by atoms with Crippen LogP contribution in [0.2, 0.25) is 0 Å². The zero-order valence-electron chi connectivity index (χ0n) is 11.1. The minimum atomic E-state index is -0.249. The van der Waals surface area contributed by atoms with Gasteiger partial charge in [0.2, 0.25) is 0 Å². The van der Waals surface area contributed by atoms with Crippen LogP contribution in [0.5, 0.6) is 0 Å². The predicted octanol–water partition coefficient (Wildman–Crippen LogP) is 3.35. The van der Waals surface area contributed by atoms with Gasteiger partial charge in [-0.05, 0) is 18.4 Å². The number of rotatable bonds is 2. The zero-order chi connectivity index (χ0) is 13.1. The molecular formula is C16H20O3. The van der Waals surface area contributed by atoms with Gasteiger partial charge in [-0.2, -0.15) is 0 Å². The molecule has 1 aliphatic carbocycles. The van der Waals surface area contributed by atoms with E-state index < -0.39 is 0 Å². The fraction of sp³-hybridized carbons (Fsp3) is 0.562. The van der Waals surface area contributed by atoms with Crippen molar-refractivity contribution in [3.8, 4) is 0 Å². The molecule has 0 N–H and O–H groups in total. The number of Topliss-reactive ketones (excluding diaryl/α,β-unsaturated/α-hetero) is 1. The molecule has 102 valence electrons. The topological polar surface area (TPSA) is 35.5 Å². The molecule has 3 rings (SSSR count). The predicted molar refractivity (Wildman–Crippen MR) is 71.9 cm³/mol. The summed E-state index contributed by atoms with van der Waals surface area (Å²) in [5.74, 6) is 0.465. The van der Waals surface area contributed by atoms with Crippen molar-refractivity contribution in [3.63, 3.8) is 0 Å². The van der Waals surface area contributed by atoms with Crippen LogP contribution in [0.1, 0.15) is 55.4 Å². The van der Waals surface area contributed by atoms with Crippen LogP contribution in [0.4, 0.5) is 0 Å². The Bertz CT molecular complexity index is 449. The van der Waals surface area contributed by atoms with Gasteiger partial charge < -0.3 is 9.47 Å². The maximum absolute atomic E-state index is 12.2. The first kappa shape index (κ1) is 12.8. The van der Waals surface area contributed by atoms with Crippen LogP contribution in [0.15, 0.2) is 24.3 Å². The molecular weight excluding hydrogens is 240 g/mol. The Hall–Kier alpha value is -1.19. The summed E-state index contributed by atoms with van der Waals surface area (Å²) in [4.78, 5) is 12.2. The molecule has 1 saturated carbocycles. The number of benzene rings is 1. The van der Waals surface area contributed by atoms with Crippen LogP contribution in [0.3, 0.4) is 0 Å². The smallest absolute Gasteiger partial charge is 0.184 e. The minimum absolute atomic E-state index is 0.0730. The summed E-state index contributed by atoms with van der Waals surface area (Å²) in [6.07, 6.45) is 4.83. The van der Waals surface area contributed by atoms with Crippen molar-refractivity contribution in [1.29, 1.82) is 0 Å². The highest BCUT2D eigenvalue weighted by atomic mass is 16.7. The van der Waals surface area contributed by atoms with E-state index in [1.165, 1.54) is 6.42 Å². The average Bonchev–Trinajstić information content (AvgIpc) is 2.89. The molecule has 2 fully saturated rings. The third-order valence-corrected chi connectivity index (χ3v) is 4.01. The third-order valence-electron chi connectivity index (χ3n) is 4.01. The second-order valence-electron chi connectivity index (χ2n) is 5.36. The van der Waals surface area contributed by atoms with Gasteiger partial charge in [-0.3, -0.25) is 4.79 Å². The van der Waals surface area contributed by atoms with Gasteiger partial charge in [0.1, 0.15) is 5.78 Å². The Kier molecular flexibility index (Phi) is 3.95. The molecule has 1 heterocycles. The van der Waals surface area contributed by atoms with Gasteiger partial charge in [-0.15, -0.1) is 0 Å². The van der Waals surface area contributed by atoms with Crippen molar-refractivity contribution < 1.29 is 14.3 Å². The molecule has 19 heavy (non-hydrogen) atoms. The Morgan fingerprint density at radius 1 is 1.00 bits per heavy atom. The van der Waals surface area contributed by atoms with Crippen molar-refractivity contribution in [3.05, 3.63) is 35.4 Å². The minimum Gasteiger partial charge on any atom is -0.346 e. The SMILES string of the molecule is O=C1CCCCCC1c1cccc(C2OCCO2)c1. The zero-order valence-corrected chi connectivity index (χ0v) is 11.1. The van der Waals surface area contributed by atoms with Gasteiger partial charge in [0.15, 0.2) is 6.29 Å². The molecule has 1 aromatic carbocycles. The van der Waals surface area contributed by atoms with E-state index in [1.807, 2.05) is 12.1 Å².